The minimum absolute atomic E-state index is 0.0539. The summed E-state index contributed by atoms with van der Waals surface area (Å²) in [6.45, 7) is 2.26. The molecule has 9 nitrogen and oxygen atoms in total. The van der Waals surface area contributed by atoms with Gasteiger partial charge in [0.1, 0.15) is 0 Å². The predicted molar refractivity (Wildman–Crippen MR) is 152 cm³/mol. The number of rotatable bonds is 12. The van der Waals surface area contributed by atoms with Crippen molar-refractivity contribution in [3.8, 4) is 0 Å². The van der Waals surface area contributed by atoms with Crippen LogP contribution in [0.3, 0.4) is 0 Å². The average molecular weight is 580 g/mol. The van der Waals surface area contributed by atoms with Gasteiger partial charge < -0.3 is 30.1 Å². The number of ether oxygens (including phenoxy) is 2. The zero-order valence-corrected chi connectivity index (χ0v) is 23.4. The van der Waals surface area contributed by atoms with Crippen LogP contribution in [0.4, 0.5) is 0 Å². The summed E-state index contributed by atoms with van der Waals surface area (Å²) in [5.74, 6) is -1.87. The number of amides is 1. The SMILES string of the molecule is C[C@H]1[C@@H](CSc2ccccc2C(=O)O)O[C@@H](c2ccc(CNC(=O)CCC(=O)O)cc2)O[C@H]1c1ccc(CO)cc1. The maximum atomic E-state index is 11.9. The Labute approximate surface area is 242 Å². The number of nitrogens with one attached hydrogen (secondary N) is 1. The van der Waals surface area contributed by atoms with E-state index in [1.165, 1.54) is 11.8 Å². The monoisotopic (exact) mass is 579 g/mol. The molecule has 0 unspecified atom stereocenters. The van der Waals surface area contributed by atoms with Crippen molar-refractivity contribution in [1.29, 1.82) is 0 Å². The molecule has 4 atom stereocenters. The number of aliphatic hydroxyl groups excluding tert-OH is 1. The van der Waals surface area contributed by atoms with E-state index in [0.717, 1.165) is 22.3 Å². The summed E-state index contributed by atoms with van der Waals surface area (Å²) in [7, 11) is 0. The molecule has 10 heteroatoms. The van der Waals surface area contributed by atoms with Crippen LogP contribution in [0.2, 0.25) is 0 Å². The summed E-state index contributed by atoms with van der Waals surface area (Å²) in [5.41, 5.74) is 3.62. The molecule has 3 aromatic carbocycles. The summed E-state index contributed by atoms with van der Waals surface area (Å²) >= 11 is 1.43. The van der Waals surface area contributed by atoms with Crippen molar-refractivity contribution in [3.63, 3.8) is 0 Å². The van der Waals surface area contributed by atoms with Gasteiger partial charge in [0.05, 0.1) is 30.8 Å². The minimum atomic E-state index is -1.02. The first kappa shape index (κ1) is 30.3. The zero-order chi connectivity index (χ0) is 29.4. The molecule has 4 N–H and O–H groups in total. The van der Waals surface area contributed by atoms with Crippen molar-refractivity contribution < 1.29 is 39.2 Å². The average Bonchev–Trinajstić information content (AvgIpc) is 2.99. The molecule has 0 aliphatic carbocycles. The van der Waals surface area contributed by atoms with E-state index in [-0.39, 0.29) is 55.6 Å². The lowest BCUT2D eigenvalue weighted by molar-refractivity contribution is -0.268. The van der Waals surface area contributed by atoms with Crippen molar-refractivity contribution >= 4 is 29.6 Å². The summed E-state index contributed by atoms with van der Waals surface area (Å²) in [6, 6.07) is 22.0. The molecule has 1 heterocycles. The summed E-state index contributed by atoms with van der Waals surface area (Å²) < 4.78 is 12.9. The highest BCUT2D eigenvalue weighted by Gasteiger charge is 2.38. The van der Waals surface area contributed by atoms with Gasteiger partial charge >= 0.3 is 11.9 Å². The number of hydrogen-bond donors (Lipinski definition) is 4. The quantitative estimate of drug-likeness (QED) is 0.219. The number of aliphatic carboxylic acids is 1. The molecule has 0 radical (unpaired) electrons. The van der Waals surface area contributed by atoms with Crippen LogP contribution < -0.4 is 5.32 Å². The fourth-order valence-electron chi connectivity index (χ4n) is 4.55. The standard InChI is InChI=1S/C31H33NO8S/c1-19-25(18-41-26-5-3-2-4-24(26)30(37)38)39-31(40-29(19)22-10-8-21(17-33)9-11-22)23-12-6-20(7-13-23)16-32-27(34)14-15-28(35)36/h2-13,19,25,29,31,33H,14-18H2,1H3,(H,32,34)(H,35,36)(H,37,38)/t19-,25+,29+,31+/m0/s1. The van der Waals surface area contributed by atoms with Gasteiger partial charge in [-0.25, -0.2) is 4.79 Å². The van der Waals surface area contributed by atoms with Crippen molar-refractivity contribution in [2.24, 2.45) is 5.92 Å². The molecule has 3 aromatic rings. The van der Waals surface area contributed by atoms with Gasteiger partial charge in [-0.05, 0) is 28.8 Å². The third-order valence-corrected chi connectivity index (χ3v) is 8.11. The van der Waals surface area contributed by atoms with E-state index in [9.17, 15) is 24.6 Å². The Morgan fingerprint density at radius 1 is 0.854 bits per heavy atom. The van der Waals surface area contributed by atoms with E-state index in [4.69, 9.17) is 14.6 Å². The molecule has 216 valence electrons. The molecule has 0 spiro atoms. The van der Waals surface area contributed by atoms with Gasteiger partial charge in [-0.2, -0.15) is 0 Å². The lowest BCUT2D eigenvalue weighted by Crippen LogP contribution is -2.38. The first-order chi connectivity index (χ1) is 19.7. The first-order valence-corrected chi connectivity index (χ1v) is 14.3. The molecule has 1 aliphatic rings. The molecule has 0 aromatic heterocycles. The van der Waals surface area contributed by atoms with Crippen LogP contribution in [0.25, 0.3) is 0 Å². The van der Waals surface area contributed by atoms with Crippen molar-refractivity contribution in [1.82, 2.24) is 5.32 Å². The van der Waals surface area contributed by atoms with E-state index in [1.807, 2.05) is 61.5 Å². The number of carboxylic acid groups (broad SMARTS) is 2. The number of hydrogen-bond acceptors (Lipinski definition) is 7. The fraction of sp³-hybridized carbons (Fsp3) is 0.323. The van der Waals surface area contributed by atoms with Crippen molar-refractivity contribution in [3.05, 3.63) is 101 Å². The topological polar surface area (TPSA) is 142 Å². The molecule has 1 fully saturated rings. The van der Waals surface area contributed by atoms with E-state index >= 15 is 0 Å². The van der Waals surface area contributed by atoms with Gasteiger partial charge in [-0.3, -0.25) is 9.59 Å². The summed E-state index contributed by atoms with van der Waals surface area (Å²) in [5, 5.41) is 30.5. The summed E-state index contributed by atoms with van der Waals surface area (Å²) in [4.78, 5) is 34.9. The van der Waals surface area contributed by atoms with Gasteiger partial charge in [-0.15, -0.1) is 11.8 Å². The number of aromatic carboxylic acids is 1. The Kier molecular flexibility index (Phi) is 10.5. The Morgan fingerprint density at radius 3 is 2.17 bits per heavy atom. The highest BCUT2D eigenvalue weighted by atomic mass is 32.2. The maximum Gasteiger partial charge on any atom is 0.336 e. The number of benzene rings is 3. The second-order valence-electron chi connectivity index (χ2n) is 9.85. The van der Waals surface area contributed by atoms with Crippen LogP contribution in [0, 0.1) is 5.92 Å². The molecular weight excluding hydrogens is 546 g/mol. The molecule has 1 aliphatic heterocycles. The first-order valence-electron chi connectivity index (χ1n) is 13.3. The lowest BCUT2D eigenvalue weighted by Gasteiger charge is -2.41. The fourth-order valence-corrected chi connectivity index (χ4v) is 5.76. The number of carbonyl (C=O) groups excluding carboxylic acids is 1. The number of carboxylic acids is 2. The Bertz CT molecular complexity index is 1340. The third-order valence-electron chi connectivity index (χ3n) is 6.95. The maximum absolute atomic E-state index is 11.9. The van der Waals surface area contributed by atoms with Crippen LogP contribution >= 0.6 is 11.8 Å². The molecule has 1 amide bonds. The van der Waals surface area contributed by atoms with Crippen molar-refractivity contribution in [2.45, 2.75) is 56.3 Å². The molecule has 1 saturated heterocycles. The van der Waals surface area contributed by atoms with Crippen LogP contribution in [0.5, 0.6) is 0 Å². The number of aliphatic hydroxyl groups is 1. The lowest BCUT2D eigenvalue weighted by atomic mass is 9.91. The second kappa shape index (κ2) is 14.3. The third kappa shape index (κ3) is 8.17. The number of thioether (sulfide) groups is 1. The molecular formula is C31H33NO8S. The highest BCUT2D eigenvalue weighted by molar-refractivity contribution is 7.99. The Morgan fingerprint density at radius 2 is 1.51 bits per heavy atom. The van der Waals surface area contributed by atoms with Crippen LogP contribution in [0.15, 0.2) is 77.7 Å². The largest absolute Gasteiger partial charge is 0.481 e. The van der Waals surface area contributed by atoms with Crippen LogP contribution in [-0.2, 0) is 32.2 Å². The van der Waals surface area contributed by atoms with E-state index in [0.29, 0.717) is 10.6 Å². The highest BCUT2D eigenvalue weighted by Crippen LogP contribution is 2.43. The van der Waals surface area contributed by atoms with Gasteiger partial charge in [0, 0.05) is 35.1 Å². The van der Waals surface area contributed by atoms with Crippen LogP contribution in [-0.4, -0.2) is 45.0 Å². The Balaban J connectivity index is 1.50. The van der Waals surface area contributed by atoms with Crippen LogP contribution in [0.1, 0.15) is 64.8 Å². The zero-order valence-electron chi connectivity index (χ0n) is 22.6. The smallest absolute Gasteiger partial charge is 0.336 e. The molecule has 41 heavy (non-hydrogen) atoms. The normalized spacial score (nSPS) is 20.3. The molecule has 0 saturated carbocycles. The van der Waals surface area contributed by atoms with Gasteiger partial charge in [-0.1, -0.05) is 67.6 Å². The van der Waals surface area contributed by atoms with Gasteiger partial charge in [0.25, 0.3) is 0 Å². The summed E-state index contributed by atoms with van der Waals surface area (Å²) in [6.07, 6.45) is -1.56. The van der Waals surface area contributed by atoms with E-state index in [1.54, 1.807) is 18.2 Å². The number of carbonyl (C=O) groups is 3. The Hall–Kier alpha value is -3.70. The van der Waals surface area contributed by atoms with E-state index < -0.39 is 18.2 Å². The predicted octanol–water partition coefficient (Wildman–Crippen LogP) is 4.94. The van der Waals surface area contributed by atoms with Gasteiger partial charge in [0.15, 0.2) is 6.29 Å². The van der Waals surface area contributed by atoms with Gasteiger partial charge in [0.2, 0.25) is 5.91 Å². The molecule has 4 rings (SSSR count). The molecule has 0 bridgehead atoms. The minimum Gasteiger partial charge on any atom is -0.481 e. The second-order valence-corrected chi connectivity index (χ2v) is 10.9. The van der Waals surface area contributed by atoms with Crippen molar-refractivity contribution in [2.75, 3.05) is 5.75 Å². The van der Waals surface area contributed by atoms with E-state index in [2.05, 4.69) is 5.32 Å².